The van der Waals surface area contributed by atoms with Gasteiger partial charge >= 0.3 is 0 Å². The maximum Gasteiger partial charge on any atom is 0.245 e. The summed E-state index contributed by atoms with van der Waals surface area (Å²) in [5.74, 6) is -0.138. The number of carbonyl (C=O) groups is 1. The third-order valence-electron chi connectivity index (χ3n) is 4.51. The molecule has 1 aliphatic rings. The van der Waals surface area contributed by atoms with Crippen LogP contribution in [0.1, 0.15) is 13.3 Å². The number of phenolic OH excluding ortho intramolecular Hbond substituents is 1. The van der Waals surface area contributed by atoms with Gasteiger partial charge < -0.3 is 10.4 Å². The fourth-order valence-corrected chi connectivity index (χ4v) is 6.71. The number of aromatic hydroxyl groups is 1. The lowest BCUT2D eigenvalue weighted by Crippen LogP contribution is -2.24. The van der Waals surface area contributed by atoms with Crippen molar-refractivity contribution in [3.05, 3.63) is 47.6 Å². The van der Waals surface area contributed by atoms with Crippen LogP contribution in [0.4, 0.5) is 5.69 Å². The highest BCUT2D eigenvalue weighted by molar-refractivity contribution is 8.16. The molecule has 31 heavy (non-hydrogen) atoms. The van der Waals surface area contributed by atoms with Crippen LogP contribution in [0.5, 0.6) is 5.75 Å². The Hall–Kier alpha value is -2.70. The Kier molecular flexibility index (Phi) is 6.12. The van der Waals surface area contributed by atoms with Crippen LogP contribution in [0, 0.1) is 0 Å². The van der Waals surface area contributed by atoms with E-state index in [-0.39, 0.29) is 11.7 Å². The van der Waals surface area contributed by atoms with Crippen LogP contribution in [0.25, 0.3) is 10.8 Å². The Labute approximate surface area is 187 Å². The van der Waals surface area contributed by atoms with Gasteiger partial charge in [-0.15, -0.1) is 16.9 Å². The summed E-state index contributed by atoms with van der Waals surface area (Å²) in [4.78, 5) is 16.4. The molecule has 2 aromatic carbocycles. The zero-order chi connectivity index (χ0) is 22.0. The van der Waals surface area contributed by atoms with Crippen molar-refractivity contribution in [3.8, 4) is 5.75 Å². The number of anilines is 1. The minimum atomic E-state index is -3.75. The number of hydrogen-bond donors (Lipinski definition) is 4. The number of sulfonamides is 1. The van der Waals surface area contributed by atoms with Crippen LogP contribution in [-0.2, 0) is 14.8 Å². The summed E-state index contributed by atoms with van der Waals surface area (Å²) in [6.07, 6.45) is 3.58. The normalized spacial score (nSPS) is 16.3. The molecule has 4 N–H and O–H groups in total. The van der Waals surface area contributed by atoms with Gasteiger partial charge in [0.25, 0.3) is 0 Å². The molecule has 1 atom stereocenters. The number of thioether (sulfide) groups is 1. The van der Waals surface area contributed by atoms with E-state index in [1.807, 2.05) is 6.08 Å². The van der Waals surface area contributed by atoms with Crippen LogP contribution in [0.15, 0.2) is 57.7 Å². The Balaban J connectivity index is 1.62. The van der Waals surface area contributed by atoms with Gasteiger partial charge in [0, 0.05) is 29.1 Å². The van der Waals surface area contributed by atoms with Crippen molar-refractivity contribution in [2.45, 2.75) is 28.0 Å². The third-order valence-corrected chi connectivity index (χ3v) is 8.92. The van der Waals surface area contributed by atoms with Crippen LogP contribution >= 0.6 is 23.5 Å². The van der Waals surface area contributed by atoms with Gasteiger partial charge in [-0.1, -0.05) is 30.3 Å². The summed E-state index contributed by atoms with van der Waals surface area (Å²) >= 11 is 2.34. The topological polar surface area (TPSA) is 137 Å². The zero-order valence-corrected chi connectivity index (χ0v) is 18.8. The molecule has 9 nitrogen and oxygen atoms in total. The molecule has 1 aliphatic heterocycles. The van der Waals surface area contributed by atoms with Crippen LogP contribution < -0.4 is 10.0 Å². The molecular formula is C19H19N5O4S3. The van der Waals surface area contributed by atoms with Crippen molar-refractivity contribution < 1.29 is 18.3 Å². The maximum absolute atomic E-state index is 13.1. The molecule has 2 heterocycles. The average Bonchev–Trinajstić information content (AvgIpc) is 3.42. The largest absolute Gasteiger partial charge is 0.506 e. The van der Waals surface area contributed by atoms with Gasteiger partial charge in [0.1, 0.15) is 16.7 Å². The van der Waals surface area contributed by atoms with Gasteiger partial charge in [-0.05, 0) is 24.2 Å². The molecule has 3 aromatic rings. The molecule has 0 saturated heterocycles. The quantitative estimate of drug-likeness (QED) is 0.381. The number of nitrogens with one attached hydrogen (secondary N) is 3. The van der Waals surface area contributed by atoms with Crippen LogP contribution in [0.3, 0.4) is 0 Å². The first-order valence-corrected chi connectivity index (χ1v) is 12.5. The molecule has 4 rings (SSSR count). The monoisotopic (exact) mass is 477 g/mol. The lowest BCUT2D eigenvalue weighted by atomic mass is 10.1. The van der Waals surface area contributed by atoms with Crippen molar-refractivity contribution >= 4 is 55.9 Å². The molecule has 0 radical (unpaired) electrons. The highest BCUT2D eigenvalue weighted by atomic mass is 32.3. The Morgan fingerprint density at radius 3 is 2.84 bits per heavy atom. The summed E-state index contributed by atoms with van der Waals surface area (Å²) < 4.78 is 28.2. The van der Waals surface area contributed by atoms with Gasteiger partial charge in [-0.3, -0.25) is 14.6 Å². The highest BCUT2D eigenvalue weighted by Crippen LogP contribution is 2.43. The van der Waals surface area contributed by atoms with E-state index in [0.717, 1.165) is 16.7 Å². The molecule has 0 spiro atoms. The maximum atomic E-state index is 13.1. The first-order chi connectivity index (χ1) is 14.8. The fourth-order valence-electron chi connectivity index (χ4n) is 3.07. The summed E-state index contributed by atoms with van der Waals surface area (Å²) in [6.45, 7) is 1.73. The first kappa shape index (κ1) is 21.5. The SMILES string of the molecule is CC(=O)NCC1=CCC(S(=O)(=O)Nc2cc(Sc3nc[nH]n3)c(O)c3ccccc23)S1. The summed E-state index contributed by atoms with van der Waals surface area (Å²) in [6, 6.07) is 8.60. The van der Waals surface area contributed by atoms with Gasteiger partial charge in [0.2, 0.25) is 21.1 Å². The van der Waals surface area contributed by atoms with Crippen molar-refractivity contribution in [3.63, 3.8) is 0 Å². The number of H-pyrrole nitrogens is 1. The molecule has 1 unspecified atom stereocenters. The number of rotatable bonds is 7. The van der Waals surface area contributed by atoms with Gasteiger partial charge in [-0.2, -0.15) is 0 Å². The highest BCUT2D eigenvalue weighted by Gasteiger charge is 2.31. The van der Waals surface area contributed by atoms with E-state index >= 15 is 0 Å². The standard InChI is InChI=1S/C19H19N5O4S3/c1-11(25)20-9-12-6-7-17(29-12)31(27,28)24-15-8-16(30-19-21-10-22-23-19)18(26)14-5-3-2-4-13(14)15/h2-6,8,10,17,24,26H,7,9H2,1H3,(H,20,25)(H,21,22,23). The van der Waals surface area contributed by atoms with Crippen LogP contribution in [0.2, 0.25) is 0 Å². The lowest BCUT2D eigenvalue weighted by molar-refractivity contribution is -0.118. The zero-order valence-electron chi connectivity index (χ0n) is 16.3. The van der Waals surface area contributed by atoms with Crippen molar-refractivity contribution in [1.82, 2.24) is 20.5 Å². The minimum Gasteiger partial charge on any atom is -0.506 e. The predicted octanol–water partition coefficient (Wildman–Crippen LogP) is 3.04. The number of carbonyl (C=O) groups excluding carboxylic acids is 1. The number of nitrogens with zero attached hydrogens (tertiary/aromatic N) is 2. The number of benzene rings is 2. The third kappa shape index (κ3) is 4.81. The lowest BCUT2D eigenvalue weighted by Gasteiger charge is -2.17. The average molecular weight is 478 g/mol. The first-order valence-electron chi connectivity index (χ1n) is 9.23. The van der Waals surface area contributed by atoms with Gasteiger partial charge in [0.05, 0.1) is 10.6 Å². The Morgan fingerprint density at radius 1 is 1.35 bits per heavy atom. The van der Waals surface area contributed by atoms with E-state index in [1.165, 1.54) is 25.0 Å². The van der Waals surface area contributed by atoms with Gasteiger partial charge in [0.15, 0.2) is 0 Å². The van der Waals surface area contributed by atoms with E-state index in [0.29, 0.717) is 39.5 Å². The molecular weight excluding hydrogens is 458 g/mol. The van der Waals surface area contributed by atoms with Gasteiger partial charge in [-0.25, -0.2) is 13.4 Å². The molecule has 1 aromatic heterocycles. The number of phenols is 1. The number of fused-ring (bicyclic) bond motifs is 1. The number of allylic oxidation sites excluding steroid dienone is 1. The summed E-state index contributed by atoms with van der Waals surface area (Å²) in [5.41, 5.74) is 0.363. The number of aromatic nitrogens is 3. The van der Waals surface area contributed by atoms with Crippen molar-refractivity contribution in [2.24, 2.45) is 0 Å². The van der Waals surface area contributed by atoms with Crippen LogP contribution in [-0.4, -0.2) is 45.7 Å². The Bertz CT molecular complexity index is 1260. The summed E-state index contributed by atoms with van der Waals surface area (Å²) in [7, 11) is -3.75. The number of hydrogen-bond acceptors (Lipinski definition) is 8. The van der Waals surface area contributed by atoms with Crippen molar-refractivity contribution in [1.29, 1.82) is 0 Å². The van der Waals surface area contributed by atoms with E-state index in [2.05, 4.69) is 25.2 Å². The second kappa shape index (κ2) is 8.81. The molecule has 0 saturated carbocycles. The molecule has 0 fully saturated rings. The smallest absolute Gasteiger partial charge is 0.245 e. The number of aromatic amines is 1. The molecule has 12 heteroatoms. The van der Waals surface area contributed by atoms with E-state index in [9.17, 15) is 18.3 Å². The fraction of sp³-hybridized carbons (Fsp3) is 0.211. The number of amides is 1. The predicted molar refractivity (Wildman–Crippen MR) is 121 cm³/mol. The molecule has 0 aliphatic carbocycles. The van der Waals surface area contributed by atoms with E-state index < -0.39 is 14.6 Å². The van der Waals surface area contributed by atoms with E-state index in [4.69, 9.17) is 0 Å². The second-order valence-corrected chi connectivity index (χ2v) is 11.2. The molecule has 0 bridgehead atoms. The van der Waals surface area contributed by atoms with E-state index in [1.54, 1.807) is 30.3 Å². The second-order valence-electron chi connectivity index (χ2n) is 6.71. The minimum absolute atomic E-state index is 0.0304. The Morgan fingerprint density at radius 2 is 2.13 bits per heavy atom. The van der Waals surface area contributed by atoms with Crippen molar-refractivity contribution in [2.75, 3.05) is 11.3 Å². The molecule has 1 amide bonds. The molecule has 162 valence electrons. The summed E-state index contributed by atoms with van der Waals surface area (Å²) in [5, 5.41) is 21.5.